The predicted octanol–water partition coefficient (Wildman–Crippen LogP) is 2.59. The van der Waals surface area contributed by atoms with Gasteiger partial charge in [0, 0.05) is 12.6 Å². The van der Waals surface area contributed by atoms with Crippen molar-refractivity contribution in [2.45, 2.75) is 18.9 Å². The molecule has 5 heteroatoms. The number of aliphatic hydroxyl groups is 1. The van der Waals surface area contributed by atoms with E-state index in [1.54, 1.807) is 23.1 Å². The van der Waals surface area contributed by atoms with Gasteiger partial charge in [0.05, 0.1) is 22.2 Å². The van der Waals surface area contributed by atoms with Crippen molar-refractivity contribution in [2.75, 3.05) is 13.2 Å². The molecular weight excluding hydrogens is 261 g/mol. The molecule has 0 unspecified atom stereocenters. The molecule has 0 saturated heterocycles. The predicted molar refractivity (Wildman–Crippen MR) is 67.6 cm³/mol. The molecule has 0 atom stereocenters. The molecule has 0 heterocycles. The van der Waals surface area contributed by atoms with Gasteiger partial charge in [-0.15, -0.1) is 0 Å². The lowest BCUT2D eigenvalue weighted by Crippen LogP contribution is -2.35. The zero-order chi connectivity index (χ0) is 12.4. The lowest BCUT2D eigenvalue weighted by molar-refractivity contribution is 0.0708. The third-order valence-corrected chi connectivity index (χ3v) is 3.40. The Balaban J connectivity index is 2.28. The first-order valence-electron chi connectivity index (χ1n) is 5.51. The van der Waals surface area contributed by atoms with Gasteiger partial charge >= 0.3 is 0 Å². The minimum absolute atomic E-state index is 0.0513. The molecule has 3 nitrogen and oxygen atoms in total. The van der Waals surface area contributed by atoms with Crippen LogP contribution >= 0.6 is 23.2 Å². The zero-order valence-electron chi connectivity index (χ0n) is 9.20. The van der Waals surface area contributed by atoms with Crippen molar-refractivity contribution < 1.29 is 9.90 Å². The number of rotatable bonds is 4. The zero-order valence-corrected chi connectivity index (χ0v) is 10.7. The van der Waals surface area contributed by atoms with Crippen LogP contribution in [0.4, 0.5) is 0 Å². The highest BCUT2D eigenvalue weighted by Gasteiger charge is 2.34. The SMILES string of the molecule is O=C(c1c(Cl)cccc1Cl)N(CCO)C1CC1. The van der Waals surface area contributed by atoms with Crippen molar-refractivity contribution in [3.8, 4) is 0 Å². The van der Waals surface area contributed by atoms with E-state index in [2.05, 4.69) is 0 Å². The Morgan fingerprint density at radius 3 is 2.41 bits per heavy atom. The summed E-state index contributed by atoms with van der Waals surface area (Å²) >= 11 is 12.0. The second-order valence-electron chi connectivity index (χ2n) is 4.05. The van der Waals surface area contributed by atoms with Gasteiger partial charge in [0.15, 0.2) is 0 Å². The molecule has 1 aromatic carbocycles. The monoisotopic (exact) mass is 273 g/mol. The van der Waals surface area contributed by atoms with E-state index in [1.165, 1.54) is 0 Å². The molecule has 1 saturated carbocycles. The number of carbonyl (C=O) groups excluding carboxylic acids is 1. The topological polar surface area (TPSA) is 40.5 Å². The summed E-state index contributed by atoms with van der Waals surface area (Å²) in [7, 11) is 0. The summed E-state index contributed by atoms with van der Waals surface area (Å²) < 4.78 is 0. The molecule has 1 aromatic rings. The first-order chi connectivity index (χ1) is 8.15. The second kappa shape index (κ2) is 5.25. The number of halogens is 2. The van der Waals surface area contributed by atoms with Crippen molar-refractivity contribution in [1.82, 2.24) is 4.90 Å². The maximum Gasteiger partial charge on any atom is 0.257 e. The van der Waals surface area contributed by atoms with E-state index in [4.69, 9.17) is 28.3 Å². The average molecular weight is 274 g/mol. The number of amides is 1. The molecule has 0 radical (unpaired) electrons. The number of benzene rings is 1. The van der Waals surface area contributed by atoms with Crippen LogP contribution in [0.2, 0.25) is 10.0 Å². The summed E-state index contributed by atoms with van der Waals surface area (Å²) in [6.45, 7) is 0.273. The fraction of sp³-hybridized carbons (Fsp3) is 0.417. The van der Waals surface area contributed by atoms with Crippen molar-refractivity contribution in [3.05, 3.63) is 33.8 Å². The van der Waals surface area contributed by atoms with Gasteiger partial charge in [-0.3, -0.25) is 4.79 Å². The van der Waals surface area contributed by atoms with Crippen molar-refractivity contribution in [3.63, 3.8) is 0 Å². The summed E-state index contributed by atoms with van der Waals surface area (Å²) in [4.78, 5) is 13.9. The fourth-order valence-electron chi connectivity index (χ4n) is 1.79. The molecule has 1 N–H and O–H groups in total. The molecule has 1 aliphatic rings. The van der Waals surface area contributed by atoms with Gasteiger partial charge in [-0.1, -0.05) is 29.3 Å². The molecule has 0 spiro atoms. The average Bonchev–Trinajstić information content (AvgIpc) is 3.09. The summed E-state index contributed by atoms with van der Waals surface area (Å²) in [5, 5.41) is 9.69. The number of aliphatic hydroxyl groups excluding tert-OH is 1. The summed E-state index contributed by atoms with van der Waals surface area (Å²) in [6, 6.07) is 5.21. The molecule has 1 aliphatic carbocycles. The highest BCUT2D eigenvalue weighted by atomic mass is 35.5. The maximum atomic E-state index is 12.3. The van der Waals surface area contributed by atoms with Crippen LogP contribution in [0, 0.1) is 0 Å². The van der Waals surface area contributed by atoms with E-state index >= 15 is 0 Å². The Morgan fingerprint density at radius 1 is 1.35 bits per heavy atom. The second-order valence-corrected chi connectivity index (χ2v) is 4.86. The van der Waals surface area contributed by atoms with E-state index in [0.717, 1.165) is 12.8 Å². The lowest BCUT2D eigenvalue weighted by atomic mass is 10.2. The van der Waals surface area contributed by atoms with Crippen LogP contribution < -0.4 is 0 Å². The molecule has 1 fully saturated rings. The molecular formula is C12H13Cl2NO2. The quantitative estimate of drug-likeness (QED) is 0.916. The molecule has 1 amide bonds. The van der Waals surface area contributed by atoms with Gasteiger partial charge in [0.2, 0.25) is 0 Å². The van der Waals surface area contributed by atoms with Gasteiger partial charge in [0.25, 0.3) is 5.91 Å². The van der Waals surface area contributed by atoms with Crippen molar-refractivity contribution in [2.24, 2.45) is 0 Å². The van der Waals surface area contributed by atoms with Crippen LogP contribution in [0.1, 0.15) is 23.2 Å². The van der Waals surface area contributed by atoms with Gasteiger partial charge in [-0.05, 0) is 25.0 Å². The standard InChI is InChI=1S/C12H13Cl2NO2/c13-9-2-1-3-10(14)11(9)12(17)15(6-7-16)8-4-5-8/h1-3,8,16H,4-7H2. The van der Waals surface area contributed by atoms with Crippen LogP contribution in [0.15, 0.2) is 18.2 Å². The smallest absolute Gasteiger partial charge is 0.257 e. The van der Waals surface area contributed by atoms with Gasteiger partial charge in [0.1, 0.15) is 0 Å². The lowest BCUT2D eigenvalue weighted by Gasteiger charge is -2.22. The highest BCUT2D eigenvalue weighted by Crippen LogP contribution is 2.31. The Morgan fingerprint density at radius 2 is 1.94 bits per heavy atom. The summed E-state index contributed by atoms with van der Waals surface area (Å²) in [6.07, 6.45) is 1.96. The molecule has 92 valence electrons. The van der Waals surface area contributed by atoms with Crippen LogP contribution in [-0.4, -0.2) is 35.1 Å². The van der Waals surface area contributed by atoms with Gasteiger partial charge in [-0.2, -0.15) is 0 Å². The largest absolute Gasteiger partial charge is 0.395 e. The first-order valence-corrected chi connectivity index (χ1v) is 6.26. The molecule has 2 rings (SSSR count). The molecule has 17 heavy (non-hydrogen) atoms. The third-order valence-electron chi connectivity index (χ3n) is 2.77. The normalized spacial score (nSPS) is 14.8. The Hall–Kier alpha value is -0.770. The third kappa shape index (κ3) is 2.73. The van der Waals surface area contributed by atoms with E-state index in [1.807, 2.05) is 0 Å². The number of carbonyl (C=O) groups is 1. The van der Waals surface area contributed by atoms with E-state index in [0.29, 0.717) is 22.2 Å². The van der Waals surface area contributed by atoms with E-state index in [-0.39, 0.29) is 18.6 Å². The van der Waals surface area contributed by atoms with Crippen LogP contribution in [0.25, 0.3) is 0 Å². The van der Waals surface area contributed by atoms with E-state index < -0.39 is 0 Å². The van der Waals surface area contributed by atoms with Crippen LogP contribution in [0.5, 0.6) is 0 Å². The maximum absolute atomic E-state index is 12.3. The summed E-state index contributed by atoms with van der Waals surface area (Å²) in [5.74, 6) is -0.197. The number of hydrogen-bond donors (Lipinski definition) is 1. The Labute approximate surface area is 110 Å². The fourth-order valence-corrected chi connectivity index (χ4v) is 2.35. The Kier molecular flexibility index (Phi) is 3.92. The number of nitrogens with zero attached hydrogens (tertiary/aromatic N) is 1. The summed E-state index contributed by atoms with van der Waals surface area (Å²) in [5.41, 5.74) is 0.330. The molecule has 0 aromatic heterocycles. The highest BCUT2D eigenvalue weighted by molar-refractivity contribution is 6.39. The van der Waals surface area contributed by atoms with Crippen molar-refractivity contribution in [1.29, 1.82) is 0 Å². The van der Waals surface area contributed by atoms with Gasteiger partial charge < -0.3 is 10.0 Å². The number of hydrogen-bond acceptors (Lipinski definition) is 2. The minimum atomic E-state index is -0.197. The van der Waals surface area contributed by atoms with Crippen molar-refractivity contribution >= 4 is 29.1 Å². The molecule has 0 bridgehead atoms. The van der Waals surface area contributed by atoms with Crippen LogP contribution in [-0.2, 0) is 0 Å². The van der Waals surface area contributed by atoms with Gasteiger partial charge in [-0.25, -0.2) is 0 Å². The van der Waals surface area contributed by atoms with Crippen LogP contribution in [0.3, 0.4) is 0 Å². The first kappa shape index (κ1) is 12.7. The van der Waals surface area contributed by atoms with E-state index in [9.17, 15) is 4.79 Å². The molecule has 0 aliphatic heterocycles. The minimum Gasteiger partial charge on any atom is -0.395 e. The Bertz CT molecular complexity index is 412.